The van der Waals surface area contributed by atoms with Gasteiger partial charge in [0.05, 0.1) is 26.4 Å². The first-order valence-electron chi connectivity index (χ1n) is 7.83. The van der Waals surface area contributed by atoms with Gasteiger partial charge in [-0.3, -0.25) is 0 Å². The molecule has 0 heterocycles. The van der Waals surface area contributed by atoms with Gasteiger partial charge in [-0.15, -0.1) is 0 Å². The Morgan fingerprint density at radius 3 is 1.48 bits per heavy atom. The highest BCUT2D eigenvalue weighted by Gasteiger charge is 2.02. The number of hydrogen-bond donors (Lipinski definition) is 6. The van der Waals surface area contributed by atoms with Gasteiger partial charge in [-0.2, -0.15) is 0 Å². The molecular formula is C15H36O8. The second kappa shape index (κ2) is 23.9. The van der Waals surface area contributed by atoms with Crippen molar-refractivity contribution in [3.63, 3.8) is 0 Å². The Morgan fingerprint density at radius 2 is 1.35 bits per heavy atom. The molecule has 0 amide bonds. The van der Waals surface area contributed by atoms with E-state index in [1.165, 1.54) is 7.11 Å². The minimum Gasteiger partial charge on any atom is -0.396 e. The van der Waals surface area contributed by atoms with Crippen molar-refractivity contribution >= 4 is 0 Å². The smallest absolute Gasteiger partial charge is 0.104 e. The third-order valence-corrected chi connectivity index (χ3v) is 2.59. The Hall–Kier alpha value is -0.320. The van der Waals surface area contributed by atoms with Gasteiger partial charge in [0.25, 0.3) is 0 Å². The summed E-state index contributed by atoms with van der Waals surface area (Å²) in [6.45, 7) is 4.39. The predicted octanol–water partition coefficient (Wildman–Crippen LogP) is -1.25. The standard InChI is InChI=1S/C6H14O2.C5H12O3.C4H10O3/c1-2-3-6(4-7)5-8;1-2-8-5(3-6)4-7;1-7-3-4(6)2-5/h6-8H,2-5H2,1H3;5-7H,2-4H2,1H3;4-6H,2-3H2,1H3/t;;4-/m..0/s1. The fourth-order valence-corrected chi connectivity index (χ4v) is 1.29. The normalized spacial score (nSPS) is 11.6. The van der Waals surface area contributed by atoms with Gasteiger partial charge in [0.1, 0.15) is 12.2 Å². The van der Waals surface area contributed by atoms with Crippen molar-refractivity contribution in [3.8, 4) is 0 Å². The van der Waals surface area contributed by atoms with Crippen LogP contribution >= 0.6 is 0 Å². The number of ether oxygens (including phenoxy) is 2. The molecule has 0 unspecified atom stereocenters. The average molecular weight is 344 g/mol. The summed E-state index contributed by atoms with van der Waals surface area (Å²) in [5.74, 6) is 0.111. The maximum Gasteiger partial charge on any atom is 0.104 e. The molecule has 0 aromatic carbocycles. The van der Waals surface area contributed by atoms with Gasteiger partial charge >= 0.3 is 0 Å². The lowest BCUT2D eigenvalue weighted by Gasteiger charge is -2.08. The van der Waals surface area contributed by atoms with E-state index in [1.807, 2.05) is 13.8 Å². The minimum atomic E-state index is -0.718. The molecule has 0 aliphatic rings. The topological polar surface area (TPSA) is 140 Å². The number of aliphatic hydroxyl groups excluding tert-OH is 6. The van der Waals surface area contributed by atoms with Crippen LogP contribution < -0.4 is 0 Å². The Bertz CT molecular complexity index is 172. The molecule has 8 heteroatoms. The lowest BCUT2D eigenvalue weighted by atomic mass is 10.1. The van der Waals surface area contributed by atoms with E-state index in [9.17, 15) is 0 Å². The van der Waals surface area contributed by atoms with Crippen molar-refractivity contribution in [3.05, 3.63) is 0 Å². The van der Waals surface area contributed by atoms with E-state index in [-0.39, 0.29) is 51.7 Å². The van der Waals surface area contributed by atoms with Gasteiger partial charge in [0.15, 0.2) is 0 Å². The molecule has 0 aliphatic carbocycles. The number of rotatable bonds is 11. The van der Waals surface area contributed by atoms with Gasteiger partial charge in [-0.1, -0.05) is 13.3 Å². The van der Waals surface area contributed by atoms with Crippen LogP contribution in [0.4, 0.5) is 0 Å². The van der Waals surface area contributed by atoms with E-state index in [4.69, 9.17) is 35.4 Å². The highest BCUT2D eigenvalue weighted by atomic mass is 16.5. The number of hydrogen-bond acceptors (Lipinski definition) is 8. The van der Waals surface area contributed by atoms with Crippen LogP contribution in [-0.4, -0.2) is 96.2 Å². The van der Waals surface area contributed by atoms with E-state index in [0.717, 1.165) is 12.8 Å². The van der Waals surface area contributed by atoms with Crippen LogP contribution in [0, 0.1) is 5.92 Å². The lowest BCUT2D eigenvalue weighted by molar-refractivity contribution is -0.0139. The molecule has 0 rings (SSSR count). The highest BCUT2D eigenvalue weighted by Crippen LogP contribution is 2.02. The third kappa shape index (κ3) is 24.1. The van der Waals surface area contributed by atoms with E-state index < -0.39 is 6.10 Å². The second-order valence-corrected chi connectivity index (χ2v) is 4.75. The first-order chi connectivity index (χ1) is 11.0. The Balaban J connectivity index is -0.000000262. The molecule has 0 aromatic heterocycles. The van der Waals surface area contributed by atoms with Gasteiger partial charge in [-0.05, 0) is 13.3 Å². The average Bonchev–Trinajstić information content (AvgIpc) is 2.58. The molecule has 0 radical (unpaired) electrons. The first-order valence-corrected chi connectivity index (χ1v) is 7.83. The highest BCUT2D eigenvalue weighted by molar-refractivity contribution is 4.52. The predicted molar refractivity (Wildman–Crippen MR) is 87.1 cm³/mol. The zero-order valence-corrected chi connectivity index (χ0v) is 14.6. The van der Waals surface area contributed by atoms with Crippen LogP contribution in [0.1, 0.15) is 26.7 Å². The molecule has 23 heavy (non-hydrogen) atoms. The van der Waals surface area contributed by atoms with Gasteiger partial charge in [0, 0.05) is 32.8 Å². The van der Waals surface area contributed by atoms with Crippen molar-refractivity contribution < 1.29 is 40.1 Å². The molecule has 0 aliphatic heterocycles. The summed E-state index contributed by atoms with van der Waals surface area (Å²) in [4.78, 5) is 0. The summed E-state index contributed by atoms with van der Waals surface area (Å²) < 4.78 is 9.32. The maximum atomic E-state index is 8.50. The summed E-state index contributed by atoms with van der Waals surface area (Å²) in [7, 11) is 1.47. The largest absolute Gasteiger partial charge is 0.396 e. The Morgan fingerprint density at radius 1 is 0.826 bits per heavy atom. The molecule has 144 valence electrons. The maximum absolute atomic E-state index is 8.50. The van der Waals surface area contributed by atoms with Crippen molar-refractivity contribution in [2.24, 2.45) is 5.92 Å². The fraction of sp³-hybridized carbons (Fsp3) is 1.00. The summed E-state index contributed by atoms with van der Waals surface area (Å²) in [5.41, 5.74) is 0. The summed E-state index contributed by atoms with van der Waals surface area (Å²) in [5, 5.41) is 50.4. The van der Waals surface area contributed by atoms with E-state index >= 15 is 0 Å². The van der Waals surface area contributed by atoms with Crippen LogP contribution in [0.25, 0.3) is 0 Å². The van der Waals surface area contributed by atoms with Gasteiger partial charge in [0.2, 0.25) is 0 Å². The molecule has 0 saturated heterocycles. The molecule has 0 saturated carbocycles. The summed E-state index contributed by atoms with van der Waals surface area (Å²) in [6, 6.07) is 0. The van der Waals surface area contributed by atoms with Crippen LogP contribution in [0.15, 0.2) is 0 Å². The van der Waals surface area contributed by atoms with E-state index in [1.54, 1.807) is 0 Å². The van der Waals surface area contributed by atoms with Crippen molar-refractivity contribution in [1.82, 2.24) is 0 Å². The SMILES string of the molecule is CCCC(CO)CO.CCOC(CO)CO.COC[C@@H](O)CO. The van der Waals surface area contributed by atoms with Crippen molar-refractivity contribution in [2.75, 3.05) is 53.4 Å². The molecular weight excluding hydrogens is 308 g/mol. The summed E-state index contributed by atoms with van der Waals surface area (Å²) in [6.07, 6.45) is 0.851. The molecule has 8 nitrogen and oxygen atoms in total. The molecule has 0 bridgehead atoms. The van der Waals surface area contributed by atoms with Crippen LogP contribution in [0.3, 0.4) is 0 Å². The number of methoxy groups -OCH3 is 1. The van der Waals surface area contributed by atoms with Crippen LogP contribution in [-0.2, 0) is 9.47 Å². The zero-order chi connectivity index (χ0) is 18.5. The molecule has 6 N–H and O–H groups in total. The second-order valence-electron chi connectivity index (χ2n) is 4.75. The quantitative estimate of drug-likeness (QED) is 0.273. The van der Waals surface area contributed by atoms with E-state index in [2.05, 4.69) is 4.74 Å². The molecule has 1 atom stereocenters. The third-order valence-electron chi connectivity index (χ3n) is 2.59. The zero-order valence-electron chi connectivity index (χ0n) is 14.6. The fourth-order valence-electron chi connectivity index (χ4n) is 1.29. The van der Waals surface area contributed by atoms with Crippen molar-refractivity contribution in [2.45, 2.75) is 38.9 Å². The molecule has 0 fully saturated rings. The van der Waals surface area contributed by atoms with E-state index in [0.29, 0.717) is 6.61 Å². The van der Waals surface area contributed by atoms with Gasteiger partial charge in [-0.25, -0.2) is 0 Å². The summed E-state index contributed by atoms with van der Waals surface area (Å²) >= 11 is 0. The molecule has 0 spiro atoms. The first kappa shape index (κ1) is 27.5. The monoisotopic (exact) mass is 344 g/mol. The Labute approximate surface area is 139 Å². The molecule has 0 aromatic rings. The van der Waals surface area contributed by atoms with Crippen molar-refractivity contribution in [1.29, 1.82) is 0 Å². The van der Waals surface area contributed by atoms with Gasteiger partial charge < -0.3 is 40.1 Å². The van der Waals surface area contributed by atoms with Crippen LogP contribution in [0.5, 0.6) is 0 Å². The lowest BCUT2D eigenvalue weighted by Crippen LogP contribution is -2.21. The van der Waals surface area contributed by atoms with Crippen LogP contribution in [0.2, 0.25) is 0 Å². The number of aliphatic hydroxyl groups is 6. The minimum absolute atomic E-state index is 0.107. The Kier molecular flexibility index (Phi) is 28.6.